The van der Waals surface area contributed by atoms with Crippen LogP contribution in [0.4, 0.5) is 0 Å². The molecule has 1 aromatic heterocycles. The molecule has 1 atom stereocenters. The van der Waals surface area contributed by atoms with Gasteiger partial charge in [-0.25, -0.2) is 9.48 Å². The van der Waals surface area contributed by atoms with Gasteiger partial charge >= 0.3 is 5.97 Å². The number of amides is 1. The Morgan fingerprint density at radius 3 is 2.41 bits per heavy atom. The number of carbonyl (C=O) groups is 2. The summed E-state index contributed by atoms with van der Waals surface area (Å²) >= 11 is 0. The van der Waals surface area contributed by atoms with E-state index in [9.17, 15) is 9.59 Å². The summed E-state index contributed by atoms with van der Waals surface area (Å²) < 4.78 is 12.1. The number of esters is 1. The van der Waals surface area contributed by atoms with Gasteiger partial charge in [0, 0.05) is 18.8 Å². The molecule has 0 fully saturated rings. The van der Waals surface area contributed by atoms with Gasteiger partial charge in [-0.3, -0.25) is 4.79 Å². The number of methoxy groups -OCH3 is 1. The lowest BCUT2D eigenvalue weighted by Gasteiger charge is -2.15. The van der Waals surface area contributed by atoms with E-state index in [0.717, 1.165) is 28.1 Å². The topological polar surface area (TPSA) is 82.5 Å². The van der Waals surface area contributed by atoms with Crippen LogP contribution in [0.3, 0.4) is 0 Å². The summed E-state index contributed by atoms with van der Waals surface area (Å²) in [5, 5.41) is 7.54. The predicted molar refractivity (Wildman–Crippen MR) is 132 cm³/mol. The maximum atomic E-state index is 12.7. The van der Waals surface area contributed by atoms with Gasteiger partial charge in [0.15, 0.2) is 5.69 Å². The van der Waals surface area contributed by atoms with Crippen molar-refractivity contribution in [2.75, 3.05) is 20.3 Å². The van der Waals surface area contributed by atoms with Gasteiger partial charge in [-0.05, 0) is 54.7 Å². The average molecular weight is 464 g/mol. The molecule has 7 nitrogen and oxygen atoms in total. The Morgan fingerprint density at radius 1 is 1.03 bits per heavy atom. The SMILES string of the molecule is CCOC(=O)c1cc(C(C)C)n(-c2cc(CC(=O)NC(C)COC)cc(-c3ccccc3)c2)n1. The number of hydrogen-bond acceptors (Lipinski definition) is 5. The van der Waals surface area contributed by atoms with Crippen molar-refractivity contribution in [1.29, 1.82) is 0 Å². The third-order valence-corrected chi connectivity index (χ3v) is 5.33. The van der Waals surface area contributed by atoms with Crippen molar-refractivity contribution in [2.45, 2.75) is 46.1 Å². The molecule has 1 heterocycles. The maximum Gasteiger partial charge on any atom is 0.358 e. The lowest BCUT2D eigenvalue weighted by molar-refractivity contribution is -0.121. The number of hydrogen-bond donors (Lipinski definition) is 1. The first-order valence-electron chi connectivity index (χ1n) is 11.6. The molecular formula is C27H33N3O4. The summed E-state index contributed by atoms with van der Waals surface area (Å²) in [5.41, 5.74) is 4.78. The maximum absolute atomic E-state index is 12.7. The Bertz CT molecular complexity index is 1120. The monoisotopic (exact) mass is 463 g/mol. The molecule has 34 heavy (non-hydrogen) atoms. The second-order valence-corrected chi connectivity index (χ2v) is 8.60. The summed E-state index contributed by atoms with van der Waals surface area (Å²) in [4.78, 5) is 25.0. The van der Waals surface area contributed by atoms with Crippen LogP contribution in [0.1, 0.15) is 55.4 Å². The van der Waals surface area contributed by atoms with E-state index in [1.807, 2.05) is 55.5 Å². The summed E-state index contributed by atoms with van der Waals surface area (Å²) in [5.74, 6) is -0.413. The van der Waals surface area contributed by atoms with Crippen LogP contribution in [-0.2, 0) is 20.7 Å². The molecule has 0 aliphatic rings. The first kappa shape index (κ1) is 25.2. The molecular weight excluding hydrogens is 430 g/mol. The molecule has 0 saturated carbocycles. The number of nitrogens with zero attached hydrogens (tertiary/aromatic N) is 2. The predicted octanol–water partition coefficient (Wildman–Crippen LogP) is 4.53. The zero-order chi connectivity index (χ0) is 24.7. The summed E-state index contributed by atoms with van der Waals surface area (Å²) in [6.07, 6.45) is 0.213. The minimum absolute atomic E-state index is 0.0833. The van der Waals surface area contributed by atoms with E-state index in [1.54, 1.807) is 24.8 Å². The van der Waals surface area contributed by atoms with E-state index in [1.165, 1.54) is 0 Å². The summed E-state index contributed by atoms with van der Waals surface area (Å²) in [7, 11) is 1.61. The van der Waals surface area contributed by atoms with E-state index in [0.29, 0.717) is 6.61 Å². The lowest BCUT2D eigenvalue weighted by Crippen LogP contribution is -2.36. The Kier molecular flexibility index (Phi) is 8.60. The Balaban J connectivity index is 2.06. The average Bonchev–Trinajstić information content (AvgIpc) is 3.26. The third kappa shape index (κ3) is 6.32. The minimum Gasteiger partial charge on any atom is -0.461 e. The van der Waals surface area contributed by atoms with Crippen LogP contribution in [-0.4, -0.2) is 48.0 Å². The second-order valence-electron chi connectivity index (χ2n) is 8.60. The number of ether oxygens (including phenoxy) is 2. The van der Waals surface area contributed by atoms with E-state index >= 15 is 0 Å². The fourth-order valence-corrected chi connectivity index (χ4v) is 3.82. The molecule has 0 aliphatic heterocycles. The summed E-state index contributed by atoms with van der Waals surface area (Å²) in [6.45, 7) is 8.51. The van der Waals surface area contributed by atoms with Gasteiger partial charge in [-0.2, -0.15) is 5.10 Å². The molecule has 7 heteroatoms. The minimum atomic E-state index is -0.450. The highest BCUT2D eigenvalue weighted by molar-refractivity contribution is 5.87. The quantitative estimate of drug-likeness (QED) is 0.447. The Hall–Kier alpha value is -3.45. The third-order valence-electron chi connectivity index (χ3n) is 5.33. The van der Waals surface area contributed by atoms with Crippen molar-refractivity contribution in [3.05, 3.63) is 71.5 Å². The molecule has 1 N–H and O–H groups in total. The number of aromatic nitrogens is 2. The standard InChI is InChI=1S/C27H33N3O4/c1-6-34-27(32)24-16-25(18(2)3)30(29-24)23-13-20(14-26(31)28-19(4)17-33-5)12-22(15-23)21-10-8-7-9-11-21/h7-13,15-16,18-19H,6,14,17H2,1-5H3,(H,28,31). The highest BCUT2D eigenvalue weighted by Crippen LogP contribution is 2.27. The van der Waals surface area contributed by atoms with E-state index in [2.05, 4.69) is 24.3 Å². The van der Waals surface area contributed by atoms with Crippen molar-refractivity contribution < 1.29 is 19.1 Å². The number of benzene rings is 2. The van der Waals surface area contributed by atoms with E-state index < -0.39 is 5.97 Å². The number of carbonyl (C=O) groups excluding carboxylic acids is 2. The first-order chi connectivity index (χ1) is 16.3. The van der Waals surface area contributed by atoms with Crippen molar-refractivity contribution >= 4 is 11.9 Å². The number of nitrogens with one attached hydrogen (secondary N) is 1. The van der Waals surface area contributed by atoms with Gasteiger partial charge in [-0.15, -0.1) is 0 Å². The molecule has 3 aromatic rings. The fraction of sp³-hybridized carbons (Fsp3) is 0.370. The molecule has 1 unspecified atom stereocenters. The van der Waals surface area contributed by atoms with E-state index in [4.69, 9.17) is 9.47 Å². The van der Waals surface area contributed by atoms with Crippen LogP contribution in [0.5, 0.6) is 0 Å². The molecule has 3 rings (SSSR count). The van der Waals surface area contributed by atoms with E-state index in [-0.39, 0.29) is 36.6 Å². The van der Waals surface area contributed by atoms with Gasteiger partial charge in [-0.1, -0.05) is 50.2 Å². The van der Waals surface area contributed by atoms with Crippen LogP contribution in [0.15, 0.2) is 54.6 Å². The first-order valence-corrected chi connectivity index (χ1v) is 11.6. The molecule has 0 radical (unpaired) electrons. The molecule has 2 aromatic carbocycles. The Labute approximate surface area is 201 Å². The van der Waals surface area contributed by atoms with Gasteiger partial charge < -0.3 is 14.8 Å². The van der Waals surface area contributed by atoms with Crippen molar-refractivity contribution in [2.24, 2.45) is 0 Å². The zero-order valence-corrected chi connectivity index (χ0v) is 20.5. The van der Waals surface area contributed by atoms with Crippen LogP contribution in [0.2, 0.25) is 0 Å². The zero-order valence-electron chi connectivity index (χ0n) is 20.5. The van der Waals surface area contributed by atoms with Crippen LogP contribution in [0.25, 0.3) is 16.8 Å². The van der Waals surface area contributed by atoms with Crippen LogP contribution in [0, 0.1) is 0 Å². The van der Waals surface area contributed by atoms with Crippen LogP contribution < -0.4 is 5.32 Å². The number of rotatable bonds is 10. The van der Waals surface area contributed by atoms with Crippen molar-refractivity contribution in [1.82, 2.24) is 15.1 Å². The lowest BCUT2D eigenvalue weighted by atomic mass is 10.00. The van der Waals surface area contributed by atoms with Gasteiger partial charge in [0.05, 0.1) is 25.3 Å². The highest BCUT2D eigenvalue weighted by atomic mass is 16.5. The molecule has 1 amide bonds. The normalized spacial score (nSPS) is 11.9. The molecule has 0 saturated heterocycles. The van der Waals surface area contributed by atoms with Gasteiger partial charge in [0.1, 0.15) is 0 Å². The van der Waals surface area contributed by atoms with Crippen molar-refractivity contribution in [3.8, 4) is 16.8 Å². The molecule has 180 valence electrons. The highest BCUT2D eigenvalue weighted by Gasteiger charge is 2.19. The fourth-order valence-electron chi connectivity index (χ4n) is 3.82. The Morgan fingerprint density at radius 2 is 1.76 bits per heavy atom. The van der Waals surface area contributed by atoms with Gasteiger partial charge in [0.25, 0.3) is 0 Å². The largest absolute Gasteiger partial charge is 0.461 e. The van der Waals surface area contributed by atoms with Crippen molar-refractivity contribution in [3.63, 3.8) is 0 Å². The van der Waals surface area contributed by atoms with Gasteiger partial charge in [0.2, 0.25) is 5.91 Å². The molecule has 0 bridgehead atoms. The molecule has 0 spiro atoms. The molecule has 0 aliphatic carbocycles. The summed E-state index contributed by atoms with van der Waals surface area (Å²) in [6, 6.07) is 17.7. The van der Waals surface area contributed by atoms with Crippen LogP contribution >= 0.6 is 0 Å². The second kappa shape index (κ2) is 11.6. The smallest absolute Gasteiger partial charge is 0.358 e.